The summed E-state index contributed by atoms with van der Waals surface area (Å²) in [4.78, 5) is 59.3. The maximum absolute atomic E-state index is 13.8. The van der Waals surface area contributed by atoms with Gasteiger partial charge in [-0.05, 0) is 25.0 Å². The predicted octanol–water partition coefficient (Wildman–Crippen LogP) is 1.54. The number of aromatic nitrogens is 2. The number of ether oxygens (including phenoxy) is 1. The Morgan fingerprint density at radius 2 is 1.56 bits per heavy atom. The first-order chi connectivity index (χ1) is 20.5. The smallest absolute Gasteiger partial charge is 0.250 e. The van der Waals surface area contributed by atoms with Crippen molar-refractivity contribution in [3.63, 3.8) is 0 Å². The maximum Gasteiger partial charge on any atom is 0.250 e. The summed E-state index contributed by atoms with van der Waals surface area (Å²) >= 11 is 0. The molecule has 43 heavy (non-hydrogen) atoms. The Bertz CT molecular complexity index is 1400. The fourth-order valence-corrected chi connectivity index (χ4v) is 4.64. The van der Waals surface area contributed by atoms with Crippen molar-refractivity contribution < 1.29 is 23.9 Å². The van der Waals surface area contributed by atoms with E-state index in [1.807, 2.05) is 60.7 Å². The Morgan fingerprint density at radius 3 is 2.16 bits per heavy atom. The molecule has 2 heterocycles. The number of rotatable bonds is 11. The van der Waals surface area contributed by atoms with Gasteiger partial charge in [0, 0.05) is 39.3 Å². The lowest BCUT2D eigenvalue weighted by Gasteiger charge is -2.36. The number of amides is 4. The average molecular weight is 590 g/mol. The summed E-state index contributed by atoms with van der Waals surface area (Å²) < 4.78 is 7.41. The number of hydrogen-bond donors (Lipinski definition) is 3. The molecule has 12 heteroatoms. The van der Waals surface area contributed by atoms with E-state index in [1.165, 1.54) is 13.3 Å². The summed E-state index contributed by atoms with van der Waals surface area (Å²) in [6.07, 6.45) is 3.06. The molecule has 4 N–H and O–H groups in total. The third kappa shape index (κ3) is 8.49. The van der Waals surface area contributed by atoms with Crippen LogP contribution in [0.5, 0.6) is 0 Å². The molecule has 12 nitrogen and oxygen atoms in total. The van der Waals surface area contributed by atoms with E-state index in [0.717, 1.165) is 11.1 Å². The molecular formula is C31H39N7O5. The van der Waals surface area contributed by atoms with Crippen molar-refractivity contribution in [3.8, 4) is 0 Å². The summed E-state index contributed by atoms with van der Waals surface area (Å²) in [6.45, 7) is 6.54. The lowest BCUT2D eigenvalue weighted by Crippen LogP contribution is -2.56. The van der Waals surface area contributed by atoms with Gasteiger partial charge in [-0.3, -0.25) is 19.2 Å². The summed E-state index contributed by atoms with van der Waals surface area (Å²) in [5, 5.41) is 5.40. The van der Waals surface area contributed by atoms with Gasteiger partial charge in [0.05, 0.1) is 25.1 Å². The van der Waals surface area contributed by atoms with E-state index in [4.69, 9.17) is 10.5 Å². The van der Waals surface area contributed by atoms with Crippen LogP contribution in [0.1, 0.15) is 37.9 Å². The zero-order valence-corrected chi connectivity index (χ0v) is 24.7. The minimum Gasteiger partial charge on any atom is -0.374 e. The van der Waals surface area contributed by atoms with Gasteiger partial charge in [-0.1, -0.05) is 60.7 Å². The fraction of sp³-hybridized carbons (Fsp3) is 0.387. The number of nitrogens with one attached hydrogen (secondary N) is 2. The summed E-state index contributed by atoms with van der Waals surface area (Å²) in [6, 6.07) is 17.0. The minimum atomic E-state index is -1.21. The first-order valence-electron chi connectivity index (χ1n) is 14.2. The van der Waals surface area contributed by atoms with Crippen LogP contribution in [0, 0.1) is 0 Å². The van der Waals surface area contributed by atoms with Crippen LogP contribution in [0.4, 0.5) is 5.82 Å². The molecule has 0 radical (unpaired) electrons. The molecule has 1 fully saturated rings. The number of anilines is 1. The van der Waals surface area contributed by atoms with Gasteiger partial charge < -0.3 is 35.5 Å². The van der Waals surface area contributed by atoms with Crippen molar-refractivity contribution in [2.24, 2.45) is 5.73 Å². The molecule has 1 aliphatic heterocycles. The molecular weight excluding hydrogens is 550 g/mol. The van der Waals surface area contributed by atoms with Crippen LogP contribution in [-0.2, 0) is 30.5 Å². The van der Waals surface area contributed by atoms with Crippen molar-refractivity contribution in [1.29, 1.82) is 0 Å². The lowest BCUT2D eigenvalue weighted by molar-refractivity contribution is -0.139. The Balaban J connectivity index is 1.49. The van der Waals surface area contributed by atoms with Crippen molar-refractivity contribution in [2.45, 2.75) is 45.0 Å². The van der Waals surface area contributed by atoms with Crippen molar-refractivity contribution in [2.75, 3.05) is 38.1 Å². The monoisotopic (exact) mass is 589 g/mol. The quantitative estimate of drug-likeness (QED) is 0.307. The summed E-state index contributed by atoms with van der Waals surface area (Å²) in [5.41, 5.74) is 6.41. The van der Waals surface area contributed by atoms with E-state index in [2.05, 4.69) is 15.6 Å². The van der Waals surface area contributed by atoms with Crippen LogP contribution in [-0.4, -0.2) is 87.3 Å². The minimum absolute atomic E-state index is 0.0170. The second-order valence-corrected chi connectivity index (χ2v) is 11.1. The van der Waals surface area contributed by atoms with Crippen molar-refractivity contribution in [3.05, 3.63) is 84.3 Å². The molecule has 0 bridgehead atoms. The highest BCUT2D eigenvalue weighted by atomic mass is 16.5. The summed E-state index contributed by atoms with van der Waals surface area (Å²) in [7, 11) is 0. The fourth-order valence-electron chi connectivity index (χ4n) is 4.64. The normalized spacial score (nSPS) is 15.0. The molecule has 0 spiro atoms. The molecule has 1 saturated heterocycles. The highest BCUT2D eigenvalue weighted by Gasteiger charge is 2.32. The number of imidazole rings is 1. The van der Waals surface area contributed by atoms with Crippen LogP contribution >= 0.6 is 0 Å². The van der Waals surface area contributed by atoms with Crippen LogP contribution in [0.2, 0.25) is 0 Å². The molecule has 0 saturated carbocycles. The van der Waals surface area contributed by atoms with E-state index in [0.29, 0.717) is 26.2 Å². The van der Waals surface area contributed by atoms with Gasteiger partial charge in [0.15, 0.2) is 5.82 Å². The molecule has 4 amide bonds. The number of piperazine rings is 1. The first kappa shape index (κ1) is 31.4. The zero-order chi connectivity index (χ0) is 31.0. The Kier molecular flexibility index (Phi) is 10.3. The predicted molar refractivity (Wildman–Crippen MR) is 161 cm³/mol. The molecule has 228 valence electrons. The van der Waals surface area contributed by atoms with Gasteiger partial charge in [0.1, 0.15) is 12.1 Å². The summed E-state index contributed by atoms with van der Waals surface area (Å²) in [5.74, 6) is -1.01. The van der Waals surface area contributed by atoms with Crippen LogP contribution < -0.4 is 16.4 Å². The Hall–Kier alpha value is -4.55. The van der Waals surface area contributed by atoms with E-state index in [9.17, 15) is 19.2 Å². The van der Waals surface area contributed by atoms with Crippen LogP contribution in [0.25, 0.3) is 0 Å². The van der Waals surface area contributed by atoms with Gasteiger partial charge in [-0.15, -0.1) is 0 Å². The van der Waals surface area contributed by atoms with E-state index < -0.39 is 29.4 Å². The maximum atomic E-state index is 13.8. The highest BCUT2D eigenvalue weighted by molar-refractivity contribution is 5.98. The molecule has 2 unspecified atom stereocenters. The second kappa shape index (κ2) is 14.1. The van der Waals surface area contributed by atoms with Gasteiger partial charge in [0.25, 0.3) is 5.91 Å². The van der Waals surface area contributed by atoms with E-state index in [-0.39, 0.29) is 30.8 Å². The first-order valence-corrected chi connectivity index (χ1v) is 14.2. The third-order valence-electron chi connectivity index (χ3n) is 7.14. The van der Waals surface area contributed by atoms with E-state index in [1.54, 1.807) is 34.4 Å². The largest absolute Gasteiger partial charge is 0.374 e. The van der Waals surface area contributed by atoms with Gasteiger partial charge >= 0.3 is 0 Å². The molecule has 2 aromatic carbocycles. The highest BCUT2D eigenvalue weighted by Crippen LogP contribution is 2.23. The number of hydrogen-bond acceptors (Lipinski definition) is 7. The second-order valence-electron chi connectivity index (χ2n) is 11.1. The Morgan fingerprint density at radius 1 is 0.953 bits per heavy atom. The molecule has 1 aliphatic rings. The average Bonchev–Trinajstić information content (AvgIpc) is 3.44. The topological polar surface area (TPSA) is 152 Å². The van der Waals surface area contributed by atoms with Gasteiger partial charge in [-0.25, -0.2) is 4.98 Å². The number of benzene rings is 2. The molecule has 1 aromatic heterocycles. The molecule has 4 rings (SSSR count). The third-order valence-corrected chi connectivity index (χ3v) is 7.14. The Labute approximate surface area is 251 Å². The standard InChI is InChI=1S/C31H39N7O5/c1-22(39)36-14-16-37(17-15-36)29(41)27(24-12-8-5-9-13-24)38-18-26(33-21-38)35-28(40)25(34-30(42)31(2,3)32)20-43-19-23-10-6-4-7-11-23/h4-13,18,21,25,27H,14-17,19-20,32H2,1-3H3,(H,34,42)(H,35,40). The van der Waals surface area contributed by atoms with Gasteiger partial charge in [0.2, 0.25) is 17.7 Å². The molecule has 2 atom stereocenters. The SMILES string of the molecule is CC(=O)N1CCN(C(=O)C(c2ccccc2)n2cnc(NC(=O)C(COCc3ccccc3)NC(=O)C(C)(C)N)c2)CC1. The molecule has 0 aliphatic carbocycles. The van der Waals surface area contributed by atoms with Crippen LogP contribution in [0.15, 0.2) is 73.2 Å². The number of nitrogens with two attached hydrogens (primary N) is 1. The van der Waals surface area contributed by atoms with Crippen molar-refractivity contribution >= 4 is 29.4 Å². The van der Waals surface area contributed by atoms with Gasteiger partial charge in [-0.2, -0.15) is 0 Å². The lowest BCUT2D eigenvalue weighted by atomic mass is 10.0. The zero-order valence-electron chi connectivity index (χ0n) is 24.7. The number of carbonyl (C=O) groups is 4. The van der Waals surface area contributed by atoms with Crippen LogP contribution in [0.3, 0.4) is 0 Å². The van der Waals surface area contributed by atoms with Crippen molar-refractivity contribution in [1.82, 2.24) is 24.7 Å². The molecule has 3 aromatic rings. The van der Waals surface area contributed by atoms with E-state index >= 15 is 0 Å². The number of carbonyl (C=O) groups excluding carboxylic acids is 4. The number of nitrogens with zero attached hydrogens (tertiary/aromatic N) is 4.